The summed E-state index contributed by atoms with van der Waals surface area (Å²) in [5.41, 5.74) is 3.21. The molecule has 0 spiro atoms. The fraction of sp³-hybridized carbons (Fsp3) is 0.353. The van der Waals surface area contributed by atoms with E-state index in [1.165, 1.54) is 0 Å². The molecule has 2 aromatic rings. The van der Waals surface area contributed by atoms with E-state index >= 15 is 0 Å². The van der Waals surface area contributed by atoms with Crippen molar-refractivity contribution < 1.29 is 4.79 Å². The van der Waals surface area contributed by atoms with Gasteiger partial charge in [0.1, 0.15) is 11.3 Å². The Morgan fingerprint density at radius 1 is 1.39 bits per heavy atom. The molecule has 2 aromatic heterocycles. The number of hydrogen-bond acceptors (Lipinski definition) is 4. The lowest BCUT2D eigenvalue weighted by molar-refractivity contribution is -0.115. The largest absolute Gasteiger partial charge is 0.346 e. The molecule has 0 aliphatic carbocycles. The van der Waals surface area contributed by atoms with Crippen molar-refractivity contribution in [1.29, 1.82) is 0 Å². The Labute approximate surface area is 135 Å². The van der Waals surface area contributed by atoms with Crippen molar-refractivity contribution in [2.75, 3.05) is 13.6 Å². The first-order valence-electron chi connectivity index (χ1n) is 7.70. The van der Waals surface area contributed by atoms with E-state index in [1.54, 1.807) is 6.08 Å². The molecule has 0 fully saturated rings. The second kappa shape index (κ2) is 5.87. The van der Waals surface area contributed by atoms with Crippen molar-refractivity contribution in [3.8, 4) is 0 Å². The lowest BCUT2D eigenvalue weighted by Crippen LogP contribution is -2.39. The Balaban J connectivity index is 1.93. The lowest BCUT2D eigenvalue weighted by Gasteiger charge is -2.19. The predicted molar refractivity (Wildman–Crippen MR) is 91.9 cm³/mol. The lowest BCUT2D eigenvalue weighted by atomic mass is 10.1. The van der Waals surface area contributed by atoms with Crippen molar-refractivity contribution in [2.24, 2.45) is 10.9 Å². The van der Waals surface area contributed by atoms with Crippen molar-refractivity contribution >= 4 is 29.0 Å². The van der Waals surface area contributed by atoms with Gasteiger partial charge in [0.2, 0.25) is 5.96 Å². The normalized spacial score (nSPS) is 16.3. The van der Waals surface area contributed by atoms with E-state index in [1.807, 2.05) is 37.3 Å². The van der Waals surface area contributed by atoms with E-state index in [0.717, 1.165) is 28.7 Å². The van der Waals surface area contributed by atoms with Crippen molar-refractivity contribution in [1.82, 2.24) is 20.2 Å². The Bertz CT molecular complexity index is 815. The van der Waals surface area contributed by atoms with Gasteiger partial charge in [-0.05, 0) is 30.5 Å². The monoisotopic (exact) mass is 311 g/mol. The second-order valence-corrected chi connectivity index (χ2v) is 6.35. The summed E-state index contributed by atoms with van der Waals surface area (Å²) in [4.78, 5) is 26.0. The fourth-order valence-electron chi connectivity index (χ4n) is 2.67. The standard InChI is InChI=1S/C17H21N5O/c1-10(2)9-22(4)17-20-14(16(23)21-17)6-12-8-19-15-13(12)5-11(3)7-18-15/h5-8,10H,9H2,1-4H3,(H,18,19)(H,20,21,23)/b14-6-. The maximum absolute atomic E-state index is 12.2. The Kier molecular flexibility index (Phi) is 3.90. The molecule has 0 saturated carbocycles. The zero-order chi connectivity index (χ0) is 16.6. The molecule has 0 atom stereocenters. The van der Waals surface area contributed by atoms with Crippen LogP contribution in [-0.2, 0) is 4.79 Å². The molecular weight excluding hydrogens is 290 g/mol. The van der Waals surface area contributed by atoms with Crippen LogP contribution >= 0.6 is 0 Å². The van der Waals surface area contributed by atoms with Gasteiger partial charge in [-0.15, -0.1) is 0 Å². The number of aromatic amines is 1. The van der Waals surface area contributed by atoms with Gasteiger partial charge in [-0.3, -0.25) is 10.1 Å². The Hall–Kier alpha value is -2.63. The zero-order valence-electron chi connectivity index (χ0n) is 13.8. The summed E-state index contributed by atoms with van der Waals surface area (Å²) >= 11 is 0. The third kappa shape index (κ3) is 3.11. The molecule has 1 aliphatic heterocycles. The van der Waals surface area contributed by atoms with Crippen LogP contribution in [0, 0.1) is 12.8 Å². The number of aromatic nitrogens is 2. The Morgan fingerprint density at radius 3 is 2.91 bits per heavy atom. The van der Waals surface area contributed by atoms with Crippen LogP contribution in [0.1, 0.15) is 25.0 Å². The molecule has 0 radical (unpaired) electrons. The summed E-state index contributed by atoms with van der Waals surface area (Å²) in [6.07, 6.45) is 5.46. The van der Waals surface area contributed by atoms with Crippen LogP contribution in [0.5, 0.6) is 0 Å². The van der Waals surface area contributed by atoms with E-state index in [0.29, 0.717) is 17.6 Å². The van der Waals surface area contributed by atoms with Gasteiger partial charge in [0.15, 0.2) is 0 Å². The number of carbonyl (C=O) groups is 1. The summed E-state index contributed by atoms with van der Waals surface area (Å²) < 4.78 is 0. The third-order valence-corrected chi connectivity index (χ3v) is 3.68. The molecule has 0 unspecified atom stereocenters. The number of hydrogen-bond donors (Lipinski definition) is 2. The SMILES string of the molecule is Cc1cnc2[nH]cc(/C=C3\N=C(N(C)CC(C)C)NC3=O)c2c1. The molecule has 0 aromatic carbocycles. The van der Waals surface area contributed by atoms with Gasteiger partial charge in [0, 0.05) is 36.9 Å². The number of nitrogens with one attached hydrogen (secondary N) is 2. The first-order chi connectivity index (χ1) is 10.9. The fourth-order valence-corrected chi connectivity index (χ4v) is 2.67. The number of H-pyrrole nitrogens is 1. The van der Waals surface area contributed by atoms with Crippen LogP contribution in [0.3, 0.4) is 0 Å². The minimum Gasteiger partial charge on any atom is -0.346 e. The molecule has 23 heavy (non-hydrogen) atoms. The first-order valence-corrected chi connectivity index (χ1v) is 7.70. The number of nitrogens with zero attached hydrogens (tertiary/aromatic N) is 3. The summed E-state index contributed by atoms with van der Waals surface area (Å²) in [6, 6.07) is 2.05. The minimum atomic E-state index is -0.175. The van der Waals surface area contributed by atoms with Crippen molar-refractivity contribution in [2.45, 2.75) is 20.8 Å². The molecular formula is C17H21N5O. The highest BCUT2D eigenvalue weighted by molar-refractivity contribution is 6.14. The molecule has 1 aliphatic rings. The number of rotatable bonds is 3. The van der Waals surface area contributed by atoms with Crippen molar-refractivity contribution in [3.05, 3.63) is 35.3 Å². The third-order valence-electron chi connectivity index (χ3n) is 3.68. The number of pyridine rings is 1. The molecule has 2 N–H and O–H groups in total. The average Bonchev–Trinajstić information content (AvgIpc) is 3.03. The van der Waals surface area contributed by atoms with Gasteiger partial charge in [-0.25, -0.2) is 9.98 Å². The van der Waals surface area contributed by atoms with Gasteiger partial charge >= 0.3 is 0 Å². The molecule has 3 rings (SSSR count). The van der Waals surface area contributed by atoms with Gasteiger partial charge < -0.3 is 9.88 Å². The summed E-state index contributed by atoms with van der Waals surface area (Å²) in [5.74, 6) is 0.921. The van der Waals surface area contributed by atoms with E-state index in [-0.39, 0.29) is 5.91 Å². The number of amides is 1. The van der Waals surface area contributed by atoms with E-state index in [4.69, 9.17) is 0 Å². The van der Waals surface area contributed by atoms with Crippen LogP contribution in [0.15, 0.2) is 29.1 Å². The summed E-state index contributed by atoms with van der Waals surface area (Å²) in [7, 11) is 1.93. The number of carbonyl (C=O) groups excluding carboxylic acids is 1. The molecule has 3 heterocycles. The van der Waals surface area contributed by atoms with Gasteiger partial charge in [0.25, 0.3) is 5.91 Å². The topological polar surface area (TPSA) is 73.4 Å². The van der Waals surface area contributed by atoms with E-state index in [2.05, 4.69) is 34.1 Å². The van der Waals surface area contributed by atoms with Gasteiger partial charge in [0.05, 0.1) is 0 Å². The smallest absolute Gasteiger partial charge is 0.276 e. The Morgan fingerprint density at radius 2 is 2.17 bits per heavy atom. The quantitative estimate of drug-likeness (QED) is 0.854. The highest BCUT2D eigenvalue weighted by atomic mass is 16.2. The molecule has 6 nitrogen and oxygen atoms in total. The molecule has 120 valence electrons. The van der Waals surface area contributed by atoms with Gasteiger partial charge in [-0.2, -0.15) is 0 Å². The van der Waals surface area contributed by atoms with Crippen LogP contribution in [0.4, 0.5) is 0 Å². The average molecular weight is 311 g/mol. The maximum Gasteiger partial charge on any atom is 0.276 e. The highest BCUT2D eigenvalue weighted by Gasteiger charge is 2.23. The van der Waals surface area contributed by atoms with Crippen LogP contribution < -0.4 is 5.32 Å². The number of aliphatic imine (C=N–C) groups is 1. The molecule has 0 saturated heterocycles. The minimum absolute atomic E-state index is 0.175. The van der Waals surface area contributed by atoms with Crippen LogP contribution in [0.25, 0.3) is 17.1 Å². The predicted octanol–water partition coefficient (Wildman–Crippen LogP) is 2.29. The van der Waals surface area contributed by atoms with Crippen LogP contribution in [-0.4, -0.2) is 40.3 Å². The maximum atomic E-state index is 12.2. The van der Waals surface area contributed by atoms with Crippen LogP contribution in [0.2, 0.25) is 0 Å². The summed E-state index contributed by atoms with van der Waals surface area (Å²) in [5, 5.41) is 3.81. The molecule has 0 bridgehead atoms. The number of fused-ring (bicyclic) bond motifs is 1. The summed E-state index contributed by atoms with van der Waals surface area (Å²) in [6.45, 7) is 7.09. The van der Waals surface area contributed by atoms with Crippen molar-refractivity contribution in [3.63, 3.8) is 0 Å². The van der Waals surface area contributed by atoms with Gasteiger partial charge in [-0.1, -0.05) is 13.8 Å². The highest BCUT2D eigenvalue weighted by Crippen LogP contribution is 2.21. The molecule has 1 amide bonds. The van der Waals surface area contributed by atoms with E-state index in [9.17, 15) is 4.79 Å². The zero-order valence-corrected chi connectivity index (χ0v) is 13.8. The number of aryl methyl sites for hydroxylation is 1. The second-order valence-electron chi connectivity index (χ2n) is 6.35. The molecule has 6 heteroatoms. The van der Waals surface area contributed by atoms with E-state index < -0.39 is 0 Å². The number of guanidine groups is 1. The first kappa shape index (κ1) is 15.3.